The molecule has 17 heavy (non-hydrogen) atoms. The molecule has 0 aliphatic heterocycles. The summed E-state index contributed by atoms with van der Waals surface area (Å²) in [5.41, 5.74) is 1.92. The number of unbranched alkanes of at least 4 members (excludes halogenated alkanes) is 1. The fraction of sp³-hybridized carbons (Fsp3) is 0.462. The second-order valence-electron chi connectivity index (χ2n) is 4.04. The molecule has 1 aromatic carbocycles. The van der Waals surface area contributed by atoms with Crippen molar-refractivity contribution in [2.75, 3.05) is 18.4 Å². The summed E-state index contributed by atoms with van der Waals surface area (Å²) in [6, 6.07) is 5.70. The Morgan fingerprint density at radius 3 is 2.88 bits per heavy atom. The molecule has 0 bridgehead atoms. The number of nitrogens with one attached hydrogen (secondary N) is 2. The van der Waals surface area contributed by atoms with Crippen LogP contribution in [0, 0.1) is 6.92 Å². The fourth-order valence-electron chi connectivity index (χ4n) is 1.42. The molecule has 0 radical (unpaired) electrons. The summed E-state index contributed by atoms with van der Waals surface area (Å²) in [6.07, 6.45) is 2.09. The summed E-state index contributed by atoms with van der Waals surface area (Å²) in [7, 11) is 0. The molecule has 3 nitrogen and oxygen atoms in total. The number of benzene rings is 1. The molecule has 1 rings (SSSR count). The van der Waals surface area contributed by atoms with Crippen LogP contribution in [0.25, 0.3) is 0 Å². The second-order valence-corrected chi connectivity index (χ2v) is 4.45. The van der Waals surface area contributed by atoms with Gasteiger partial charge in [0.2, 0.25) is 5.91 Å². The third kappa shape index (κ3) is 5.09. The van der Waals surface area contributed by atoms with Gasteiger partial charge in [0.15, 0.2) is 0 Å². The van der Waals surface area contributed by atoms with Crippen LogP contribution in [-0.4, -0.2) is 19.0 Å². The first-order valence-corrected chi connectivity index (χ1v) is 6.28. The molecule has 0 spiro atoms. The van der Waals surface area contributed by atoms with Gasteiger partial charge in [0, 0.05) is 6.54 Å². The monoisotopic (exact) mass is 254 g/mol. The molecule has 1 aromatic rings. The number of anilines is 1. The summed E-state index contributed by atoms with van der Waals surface area (Å²) in [4.78, 5) is 11.5. The van der Waals surface area contributed by atoms with Crippen LogP contribution in [0.2, 0.25) is 5.02 Å². The minimum absolute atomic E-state index is 0.00368. The predicted octanol–water partition coefficient (Wildman–Crippen LogP) is 2.98. The van der Waals surface area contributed by atoms with Crippen molar-refractivity contribution in [3.05, 3.63) is 28.8 Å². The molecule has 0 atom stereocenters. The summed E-state index contributed by atoms with van der Waals surface area (Å²) >= 11 is 6.01. The Morgan fingerprint density at radius 1 is 1.41 bits per heavy atom. The molecule has 0 fully saturated rings. The smallest absolute Gasteiger partial charge is 0.239 e. The molecule has 0 heterocycles. The van der Waals surface area contributed by atoms with E-state index in [4.69, 9.17) is 11.6 Å². The Kier molecular flexibility index (Phi) is 5.84. The van der Waals surface area contributed by atoms with Crippen LogP contribution in [-0.2, 0) is 4.79 Å². The van der Waals surface area contributed by atoms with Crippen molar-refractivity contribution >= 4 is 23.2 Å². The van der Waals surface area contributed by atoms with Gasteiger partial charge in [-0.1, -0.05) is 31.0 Å². The van der Waals surface area contributed by atoms with E-state index < -0.39 is 0 Å². The zero-order valence-electron chi connectivity index (χ0n) is 10.3. The molecule has 0 aliphatic carbocycles. The third-order valence-corrected chi connectivity index (χ3v) is 2.74. The Morgan fingerprint density at radius 2 is 2.18 bits per heavy atom. The molecular weight excluding hydrogens is 236 g/mol. The van der Waals surface area contributed by atoms with Crippen molar-refractivity contribution in [1.82, 2.24) is 5.32 Å². The summed E-state index contributed by atoms with van der Waals surface area (Å²) < 4.78 is 0. The van der Waals surface area contributed by atoms with Gasteiger partial charge in [0.25, 0.3) is 0 Å². The Hall–Kier alpha value is -1.22. The first-order valence-electron chi connectivity index (χ1n) is 5.90. The Labute approximate surface area is 108 Å². The van der Waals surface area contributed by atoms with Crippen molar-refractivity contribution < 1.29 is 4.79 Å². The number of carbonyl (C=O) groups is 1. The van der Waals surface area contributed by atoms with Crippen LogP contribution in [0.4, 0.5) is 5.69 Å². The maximum Gasteiger partial charge on any atom is 0.239 e. The highest BCUT2D eigenvalue weighted by atomic mass is 35.5. The van der Waals surface area contributed by atoms with Gasteiger partial charge in [-0.25, -0.2) is 0 Å². The van der Waals surface area contributed by atoms with Crippen molar-refractivity contribution in [3.63, 3.8) is 0 Å². The number of hydrogen-bond acceptors (Lipinski definition) is 2. The predicted molar refractivity (Wildman–Crippen MR) is 72.6 cm³/mol. The molecule has 0 unspecified atom stereocenters. The van der Waals surface area contributed by atoms with E-state index in [0.29, 0.717) is 5.02 Å². The van der Waals surface area contributed by atoms with E-state index in [1.165, 1.54) is 0 Å². The zero-order valence-corrected chi connectivity index (χ0v) is 11.1. The highest BCUT2D eigenvalue weighted by Crippen LogP contribution is 2.22. The molecule has 94 valence electrons. The molecule has 0 aromatic heterocycles. The van der Waals surface area contributed by atoms with E-state index in [9.17, 15) is 4.79 Å². The first-order chi connectivity index (χ1) is 8.13. The van der Waals surface area contributed by atoms with Gasteiger partial charge >= 0.3 is 0 Å². The standard InChI is InChI=1S/C13H19ClN2O/c1-3-4-7-15-13(17)9-16-12-8-10(2)5-6-11(12)14/h5-6,8,16H,3-4,7,9H2,1-2H3,(H,15,17). The maximum atomic E-state index is 11.5. The minimum atomic E-state index is -0.00368. The number of halogens is 1. The van der Waals surface area contributed by atoms with Gasteiger partial charge in [-0.3, -0.25) is 4.79 Å². The number of carbonyl (C=O) groups excluding carboxylic acids is 1. The highest BCUT2D eigenvalue weighted by molar-refractivity contribution is 6.33. The minimum Gasteiger partial charge on any atom is -0.375 e. The zero-order chi connectivity index (χ0) is 12.7. The van der Waals surface area contributed by atoms with Crippen molar-refractivity contribution in [1.29, 1.82) is 0 Å². The van der Waals surface area contributed by atoms with Crippen LogP contribution >= 0.6 is 11.6 Å². The quantitative estimate of drug-likeness (QED) is 0.767. The Bertz CT molecular complexity index is 380. The average Bonchev–Trinajstić information content (AvgIpc) is 2.31. The van der Waals surface area contributed by atoms with Crippen LogP contribution < -0.4 is 10.6 Å². The van der Waals surface area contributed by atoms with Crippen LogP contribution in [0.15, 0.2) is 18.2 Å². The molecule has 4 heteroatoms. The fourth-order valence-corrected chi connectivity index (χ4v) is 1.60. The lowest BCUT2D eigenvalue weighted by molar-refractivity contribution is -0.119. The van der Waals surface area contributed by atoms with Crippen molar-refractivity contribution in [3.8, 4) is 0 Å². The second kappa shape index (κ2) is 7.17. The van der Waals surface area contributed by atoms with Crippen molar-refractivity contribution in [2.45, 2.75) is 26.7 Å². The summed E-state index contributed by atoms with van der Waals surface area (Å²) in [5.74, 6) is -0.00368. The van der Waals surface area contributed by atoms with E-state index in [1.54, 1.807) is 0 Å². The first kappa shape index (κ1) is 13.8. The Balaban J connectivity index is 2.39. The summed E-state index contributed by atoms with van der Waals surface area (Å²) in [5, 5.41) is 6.52. The van der Waals surface area contributed by atoms with Crippen molar-refractivity contribution in [2.24, 2.45) is 0 Å². The van der Waals surface area contributed by atoms with Crippen LogP contribution in [0.1, 0.15) is 25.3 Å². The molecule has 0 aliphatic rings. The average molecular weight is 255 g/mol. The van der Waals surface area contributed by atoms with Gasteiger partial charge in [0.1, 0.15) is 0 Å². The highest BCUT2D eigenvalue weighted by Gasteiger charge is 2.03. The van der Waals surface area contributed by atoms with Gasteiger partial charge in [0.05, 0.1) is 17.3 Å². The van der Waals surface area contributed by atoms with E-state index >= 15 is 0 Å². The molecular formula is C13H19ClN2O. The topological polar surface area (TPSA) is 41.1 Å². The lowest BCUT2D eigenvalue weighted by atomic mass is 10.2. The van der Waals surface area contributed by atoms with E-state index in [0.717, 1.165) is 30.6 Å². The van der Waals surface area contributed by atoms with Crippen LogP contribution in [0.3, 0.4) is 0 Å². The molecule has 0 saturated carbocycles. The molecule has 2 N–H and O–H groups in total. The van der Waals surface area contributed by atoms with E-state index in [2.05, 4.69) is 17.6 Å². The molecule has 1 amide bonds. The van der Waals surface area contributed by atoms with E-state index in [1.807, 2.05) is 25.1 Å². The largest absolute Gasteiger partial charge is 0.375 e. The lowest BCUT2D eigenvalue weighted by Gasteiger charge is -2.09. The number of rotatable bonds is 6. The van der Waals surface area contributed by atoms with E-state index in [-0.39, 0.29) is 12.5 Å². The normalized spacial score (nSPS) is 10.1. The lowest BCUT2D eigenvalue weighted by Crippen LogP contribution is -2.30. The molecule has 0 saturated heterocycles. The number of amides is 1. The third-order valence-electron chi connectivity index (χ3n) is 2.41. The van der Waals surface area contributed by atoms with Gasteiger partial charge in [-0.15, -0.1) is 0 Å². The van der Waals surface area contributed by atoms with Crippen LogP contribution in [0.5, 0.6) is 0 Å². The van der Waals surface area contributed by atoms with Gasteiger partial charge < -0.3 is 10.6 Å². The van der Waals surface area contributed by atoms with Gasteiger partial charge in [-0.05, 0) is 31.0 Å². The SMILES string of the molecule is CCCCNC(=O)CNc1cc(C)ccc1Cl. The number of aryl methyl sites for hydroxylation is 1. The number of hydrogen-bond donors (Lipinski definition) is 2. The van der Waals surface area contributed by atoms with Gasteiger partial charge in [-0.2, -0.15) is 0 Å². The summed E-state index contributed by atoms with van der Waals surface area (Å²) in [6.45, 7) is 5.07. The maximum absolute atomic E-state index is 11.5.